The molecule has 2 fully saturated rings. The van der Waals surface area contributed by atoms with Gasteiger partial charge in [-0.05, 0) is 56.0 Å². The zero-order valence-corrected chi connectivity index (χ0v) is 27.9. The Morgan fingerprint density at radius 1 is 0.808 bits per heavy atom. The number of hydrogen-bond donors (Lipinski definition) is 4. The lowest BCUT2D eigenvalue weighted by molar-refractivity contribution is -0.193. The van der Waals surface area contributed by atoms with Gasteiger partial charge in [0.15, 0.2) is 0 Å². The third kappa shape index (κ3) is 11.9. The van der Waals surface area contributed by atoms with Crippen LogP contribution in [0.3, 0.4) is 0 Å². The molecule has 0 unspecified atom stereocenters. The van der Waals surface area contributed by atoms with Crippen LogP contribution in [0.4, 0.5) is 38.0 Å². The molecule has 12 nitrogen and oxygen atoms in total. The van der Waals surface area contributed by atoms with Gasteiger partial charge in [0, 0.05) is 61.1 Å². The van der Waals surface area contributed by atoms with E-state index in [0.29, 0.717) is 35.9 Å². The molecule has 1 saturated heterocycles. The van der Waals surface area contributed by atoms with Gasteiger partial charge in [-0.2, -0.15) is 26.3 Å². The van der Waals surface area contributed by atoms with Crippen molar-refractivity contribution < 1.29 is 50.6 Å². The molecule has 4 aromatic rings. The lowest BCUT2D eigenvalue weighted by Gasteiger charge is -2.40. The minimum atomic E-state index is -5.08. The van der Waals surface area contributed by atoms with Gasteiger partial charge in [0.05, 0.1) is 5.69 Å². The van der Waals surface area contributed by atoms with Crippen LogP contribution in [-0.2, 0) is 9.59 Å². The van der Waals surface area contributed by atoms with Crippen molar-refractivity contribution in [1.82, 2.24) is 25.5 Å². The summed E-state index contributed by atoms with van der Waals surface area (Å²) < 4.78 is 69.0. The lowest BCUT2D eigenvalue weighted by Crippen LogP contribution is -2.55. The first-order chi connectivity index (χ1) is 24.6. The van der Waals surface area contributed by atoms with E-state index in [1.54, 1.807) is 0 Å². The summed E-state index contributed by atoms with van der Waals surface area (Å²) in [7, 11) is 0. The number of aliphatic carboxylic acids is 2. The van der Waals surface area contributed by atoms with Gasteiger partial charge in [0.2, 0.25) is 17.7 Å². The predicted octanol–water partition coefficient (Wildman–Crippen LogP) is 6.75. The van der Waals surface area contributed by atoms with E-state index < -0.39 is 24.3 Å². The number of aromatic nitrogens is 4. The smallest absolute Gasteiger partial charge is 0.475 e. The average Bonchev–Trinajstić information content (AvgIpc) is 3.56. The Kier molecular flexibility index (Phi) is 13.5. The largest absolute Gasteiger partial charge is 0.490 e. The standard InChI is InChI=1S/C30H35N7O.2C2HF3O2/c1-21-35-36-29(38-21)23-13-15-25(16-14-23)37-19-7-10-24(20-37)32-27-11-5-6-12-28(27)34-30-31-18-17-26(33-30)22-8-3-2-4-9-22;2*3-2(4,5)1(6)7/h2-4,8-9,13-18,24,27-28,32H,5-7,10-12,19-20H2,1H3,(H,31,33,34);2*(H,6,7)/t24-,27+,28+;;/m0../s1. The number of nitrogens with zero attached hydrogens (tertiary/aromatic N) is 5. The van der Waals surface area contributed by atoms with E-state index in [9.17, 15) is 26.3 Å². The van der Waals surface area contributed by atoms with E-state index in [1.807, 2.05) is 37.4 Å². The van der Waals surface area contributed by atoms with E-state index in [0.717, 1.165) is 36.3 Å². The summed E-state index contributed by atoms with van der Waals surface area (Å²) in [6, 6.07) is 21.9. The number of rotatable bonds is 7. The van der Waals surface area contributed by atoms with Crippen LogP contribution in [-0.4, -0.2) is 85.9 Å². The Balaban J connectivity index is 0.000000367. The number of alkyl halides is 6. The van der Waals surface area contributed by atoms with Crippen molar-refractivity contribution in [2.75, 3.05) is 23.3 Å². The zero-order chi connectivity index (χ0) is 37.9. The molecule has 1 aliphatic carbocycles. The molecule has 52 heavy (non-hydrogen) atoms. The summed E-state index contributed by atoms with van der Waals surface area (Å²) in [5.74, 6) is -3.65. The number of halogens is 6. The Hall–Kier alpha value is -5.26. The Bertz CT molecular complexity index is 1710. The zero-order valence-electron chi connectivity index (χ0n) is 27.9. The maximum absolute atomic E-state index is 10.6. The van der Waals surface area contributed by atoms with E-state index >= 15 is 0 Å². The van der Waals surface area contributed by atoms with Crippen LogP contribution in [0.2, 0.25) is 0 Å². The van der Waals surface area contributed by atoms with Crippen LogP contribution in [0.1, 0.15) is 44.4 Å². The highest BCUT2D eigenvalue weighted by atomic mass is 19.4. The van der Waals surface area contributed by atoms with Gasteiger partial charge in [-0.3, -0.25) is 0 Å². The minimum Gasteiger partial charge on any atom is -0.475 e. The van der Waals surface area contributed by atoms with Crippen molar-refractivity contribution in [2.24, 2.45) is 0 Å². The third-order valence-electron chi connectivity index (χ3n) is 8.17. The number of piperidine rings is 1. The molecular weight excluding hydrogens is 700 g/mol. The normalized spacial score (nSPS) is 19.0. The van der Waals surface area contributed by atoms with Crippen LogP contribution < -0.4 is 15.5 Å². The first kappa shape index (κ1) is 39.5. The molecule has 18 heteroatoms. The fraction of sp³-hybridized carbons (Fsp3) is 0.412. The van der Waals surface area contributed by atoms with Gasteiger partial charge in [-0.15, -0.1) is 10.2 Å². The number of aryl methyl sites for hydroxylation is 1. The minimum absolute atomic E-state index is 0.322. The molecule has 2 aliphatic rings. The summed E-state index contributed by atoms with van der Waals surface area (Å²) in [6.07, 6.45) is -1.15. The van der Waals surface area contributed by atoms with Gasteiger partial charge in [0.25, 0.3) is 0 Å². The van der Waals surface area contributed by atoms with Gasteiger partial charge < -0.3 is 30.2 Å². The molecule has 6 rings (SSSR count). The summed E-state index contributed by atoms with van der Waals surface area (Å²) in [6.45, 7) is 3.89. The molecule has 0 amide bonds. The van der Waals surface area contributed by atoms with Crippen molar-refractivity contribution in [3.63, 3.8) is 0 Å². The van der Waals surface area contributed by atoms with Crippen molar-refractivity contribution in [3.05, 3.63) is 72.8 Å². The van der Waals surface area contributed by atoms with Gasteiger partial charge >= 0.3 is 24.3 Å². The summed E-state index contributed by atoms with van der Waals surface area (Å²) in [5, 5.41) is 30.0. The molecule has 4 N–H and O–H groups in total. The fourth-order valence-electron chi connectivity index (χ4n) is 5.75. The highest BCUT2D eigenvalue weighted by Crippen LogP contribution is 2.27. The van der Waals surface area contributed by atoms with E-state index in [-0.39, 0.29) is 0 Å². The Morgan fingerprint density at radius 3 is 2.00 bits per heavy atom. The summed E-state index contributed by atoms with van der Waals surface area (Å²) in [5.41, 5.74) is 4.25. The molecule has 0 bridgehead atoms. The topological polar surface area (TPSA) is 167 Å². The number of carbonyl (C=O) groups is 2. The number of hydrogen-bond acceptors (Lipinski definition) is 10. The van der Waals surface area contributed by atoms with Crippen LogP contribution in [0, 0.1) is 6.92 Å². The van der Waals surface area contributed by atoms with E-state index in [1.165, 1.54) is 37.8 Å². The molecule has 1 aliphatic heterocycles. The SMILES string of the molecule is Cc1nnc(-c2ccc(N3CCC[C@H](N[C@@H]4CCCC[C@H]4Nc4nccc(-c5ccccc5)n4)C3)cc2)o1.O=C(O)C(F)(F)F.O=C(O)C(F)(F)F. The van der Waals surface area contributed by atoms with Gasteiger partial charge in [0.1, 0.15) is 0 Å². The number of benzene rings is 2. The quantitative estimate of drug-likeness (QED) is 0.148. The van der Waals surface area contributed by atoms with E-state index in [2.05, 4.69) is 67.1 Å². The maximum Gasteiger partial charge on any atom is 0.490 e. The lowest BCUT2D eigenvalue weighted by atomic mass is 9.89. The van der Waals surface area contributed by atoms with E-state index in [4.69, 9.17) is 29.2 Å². The van der Waals surface area contributed by atoms with Crippen molar-refractivity contribution >= 4 is 23.6 Å². The molecule has 3 heterocycles. The monoisotopic (exact) mass is 737 g/mol. The molecule has 1 saturated carbocycles. The molecular formula is C34H37F6N7O5. The first-order valence-electron chi connectivity index (χ1n) is 16.3. The summed E-state index contributed by atoms with van der Waals surface area (Å²) in [4.78, 5) is 29.7. The number of carboxylic acid groups (broad SMARTS) is 2. The van der Waals surface area contributed by atoms with Gasteiger partial charge in [-0.1, -0.05) is 43.2 Å². The van der Waals surface area contributed by atoms with Crippen molar-refractivity contribution in [2.45, 2.75) is 75.9 Å². The van der Waals surface area contributed by atoms with Crippen molar-refractivity contribution in [3.8, 4) is 22.7 Å². The summed E-state index contributed by atoms with van der Waals surface area (Å²) >= 11 is 0. The number of nitrogens with one attached hydrogen (secondary N) is 2. The van der Waals surface area contributed by atoms with Crippen LogP contribution in [0.15, 0.2) is 71.3 Å². The maximum atomic E-state index is 10.6. The Morgan fingerprint density at radius 2 is 1.42 bits per heavy atom. The molecule has 2 aromatic carbocycles. The molecule has 280 valence electrons. The van der Waals surface area contributed by atoms with Crippen LogP contribution >= 0.6 is 0 Å². The highest BCUT2D eigenvalue weighted by molar-refractivity contribution is 5.73. The van der Waals surface area contributed by atoms with Gasteiger partial charge in [-0.25, -0.2) is 19.6 Å². The number of anilines is 2. The Labute approximate surface area is 294 Å². The second-order valence-electron chi connectivity index (χ2n) is 12.0. The predicted molar refractivity (Wildman–Crippen MR) is 177 cm³/mol. The average molecular weight is 738 g/mol. The number of carboxylic acids is 2. The highest BCUT2D eigenvalue weighted by Gasteiger charge is 2.39. The molecule has 3 atom stereocenters. The van der Waals surface area contributed by atoms with Crippen molar-refractivity contribution in [1.29, 1.82) is 0 Å². The molecule has 0 spiro atoms. The first-order valence-corrected chi connectivity index (χ1v) is 16.3. The molecule has 0 radical (unpaired) electrons. The molecule has 2 aromatic heterocycles. The van der Waals surface area contributed by atoms with Crippen LogP contribution in [0.25, 0.3) is 22.7 Å². The fourth-order valence-corrected chi connectivity index (χ4v) is 5.75. The second-order valence-corrected chi connectivity index (χ2v) is 12.0. The van der Waals surface area contributed by atoms with Crippen LogP contribution in [0.5, 0.6) is 0 Å². The third-order valence-corrected chi connectivity index (χ3v) is 8.17. The second kappa shape index (κ2) is 17.8.